The highest BCUT2D eigenvalue weighted by Crippen LogP contribution is 2.23. The van der Waals surface area contributed by atoms with Crippen molar-refractivity contribution in [2.24, 2.45) is 5.92 Å². The zero-order valence-electron chi connectivity index (χ0n) is 16.2. The first-order valence-electron chi connectivity index (χ1n) is 10.3. The predicted molar refractivity (Wildman–Crippen MR) is 101 cm³/mol. The van der Waals surface area contributed by atoms with Crippen LogP contribution in [-0.4, -0.2) is 62.7 Å². The molecule has 1 aromatic heterocycles. The fourth-order valence-electron chi connectivity index (χ4n) is 4.48. The minimum absolute atomic E-state index is 0.123. The Balaban J connectivity index is 1.48. The molecular weight excluding hydrogens is 330 g/mol. The third kappa shape index (κ3) is 4.37. The number of aromatic amines is 1. The van der Waals surface area contributed by atoms with Gasteiger partial charge in [0.25, 0.3) is 0 Å². The van der Waals surface area contributed by atoms with E-state index in [2.05, 4.69) is 22.0 Å². The molecule has 2 saturated heterocycles. The molecule has 0 saturated carbocycles. The average molecular weight is 364 g/mol. The van der Waals surface area contributed by atoms with Gasteiger partial charge in [-0.25, -0.2) is 9.89 Å². The molecule has 0 bridgehead atoms. The van der Waals surface area contributed by atoms with Gasteiger partial charge in [0.2, 0.25) is 5.91 Å². The van der Waals surface area contributed by atoms with Crippen LogP contribution in [0.4, 0.5) is 0 Å². The molecule has 2 aliphatic rings. The molecular formula is C19H33N5O2. The van der Waals surface area contributed by atoms with Crippen LogP contribution in [0, 0.1) is 5.92 Å². The van der Waals surface area contributed by atoms with E-state index in [4.69, 9.17) is 0 Å². The second kappa shape index (κ2) is 8.84. The highest BCUT2D eigenvalue weighted by Gasteiger charge is 2.28. The van der Waals surface area contributed by atoms with Gasteiger partial charge in [-0.3, -0.25) is 14.3 Å². The Morgan fingerprint density at radius 3 is 2.62 bits per heavy atom. The Morgan fingerprint density at radius 2 is 1.92 bits per heavy atom. The Labute approximate surface area is 155 Å². The van der Waals surface area contributed by atoms with Crippen molar-refractivity contribution in [1.82, 2.24) is 24.6 Å². The lowest BCUT2D eigenvalue weighted by Gasteiger charge is -2.37. The highest BCUT2D eigenvalue weighted by atomic mass is 16.2. The first-order valence-corrected chi connectivity index (χ1v) is 10.3. The Kier molecular flexibility index (Phi) is 6.51. The fourth-order valence-corrected chi connectivity index (χ4v) is 4.48. The van der Waals surface area contributed by atoms with Gasteiger partial charge in [-0.15, -0.1) is 0 Å². The van der Waals surface area contributed by atoms with Crippen LogP contribution in [0.5, 0.6) is 0 Å². The summed E-state index contributed by atoms with van der Waals surface area (Å²) >= 11 is 0. The van der Waals surface area contributed by atoms with Crippen molar-refractivity contribution in [2.45, 2.75) is 71.4 Å². The van der Waals surface area contributed by atoms with Crippen molar-refractivity contribution in [3.05, 3.63) is 16.3 Å². The van der Waals surface area contributed by atoms with Crippen LogP contribution in [0.3, 0.4) is 0 Å². The van der Waals surface area contributed by atoms with Gasteiger partial charge in [0.1, 0.15) is 5.82 Å². The van der Waals surface area contributed by atoms with Gasteiger partial charge in [-0.2, -0.15) is 5.10 Å². The first kappa shape index (κ1) is 19.1. The summed E-state index contributed by atoms with van der Waals surface area (Å²) in [6, 6.07) is 0.579. The molecule has 0 unspecified atom stereocenters. The normalized spacial score (nSPS) is 22.7. The van der Waals surface area contributed by atoms with Gasteiger partial charge in [-0.05, 0) is 51.5 Å². The molecule has 0 aliphatic carbocycles. The van der Waals surface area contributed by atoms with E-state index in [0.29, 0.717) is 25.0 Å². The molecule has 3 rings (SSSR count). The number of hydrogen-bond donors (Lipinski definition) is 1. The van der Waals surface area contributed by atoms with Crippen LogP contribution < -0.4 is 5.69 Å². The van der Waals surface area contributed by atoms with Crippen LogP contribution in [0.2, 0.25) is 0 Å². The molecule has 26 heavy (non-hydrogen) atoms. The maximum atomic E-state index is 12.7. The lowest BCUT2D eigenvalue weighted by Crippen LogP contribution is -2.48. The fraction of sp³-hybridized carbons (Fsp3) is 0.842. The molecule has 2 aliphatic heterocycles. The number of H-pyrrole nitrogens is 1. The molecule has 7 nitrogen and oxygen atoms in total. The second-order valence-corrected chi connectivity index (χ2v) is 7.75. The van der Waals surface area contributed by atoms with Gasteiger partial charge in [0.15, 0.2) is 0 Å². The minimum Gasteiger partial charge on any atom is -0.342 e. The zero-order valence-corrected chi connectivity index (χ0v) is 16.2. The third-order valence-corrected chi connectivity index (χ3v) is 6.15. The van der Waals surface area contributed by atoms with Crippen LogP contribution >= 0.6 is 0 Å². The van der Waals surface area contributed by atoms with Gasteiger partial charge in [0.05, 0.1) is 6.54 Å². The Hall–Kier alpha value is -1.63. The molecule has 3 heterocycles. The van der Waals surface area contributed by atoms with E-state index >= 15 is 0 Å². The molecule has 7 heteroatoms. The van der Waals surface area contributed by atoms with Gasteiger partial charge in [-0.1, -0.05) is 13.3 Å². The van der Waals surface area contributed by atoms with Crippen LogP contribution in [0.25, 0.3) is 0 Å². The summed E-state index contributed by atoms with van der Waals surface area (Å²) in [6.07, 6.45) is 7.69. The van der Waals surface area contributed by atoms with Crippen molar-refractivity contribution in [3.8, 4) is 0 Å². The first-order chi connectivity index (χ1) is 12.6. The molecule has 0 aromatic carbocycles. The summed E-state index contributed by atoms with van der Waals surface area (Å²) in [7, 11) is 0. The number of aromatic nitrogens is 3. The van der Waals surface area contributed by atoms with Crippen molar-refractivity contribution in [3.63, 3.8) is 0 Å². The smallest absolute Gasteiger partial charge is 0.342 e. The average Bonchev–Trinajstić information content (AvgIpc) is 3.02. The number of rotatable bonds is 6. The lowest BCUT2D eigenvalue weighted by atomic mass is 9.93. The molecule has 0 radical (unpaired) electrons. The number of carbonyl (C=O) groups is 1. The minimum atomic E-state index is -0.123. The van der Waals surface area contributed by atoms with Crippen LogP contribution in [-0.2, 0) is 17.8 Å². The Morgan fingerprint density at radius 1 is 1.15 bits per heavy atom. The molecule has 1 amide bonds. The maximum Gasteiger partial charge on any atom is 0.343 e. The number of hydrogen-bond acceptors (Lipinski definition) is 4. The SMILES string of the molecule is CC[C@@H]1CCCCN1CC(=O)N1CCC(Cc2n[nH]c(=O)n2CC)CC1. The molecule has 1 atom stereocenters. The topological polar surface area (TPSA) is 74.2 Å². The van der Waals surface area contributed by atoms with E-state index in [9.17, 15) is 9.59 Å². The van der Waals surface area contributed by atoms with Gasteiger partial charge >= 0.3 is 5.69 Å². The monoisotopic (exact) mass is 363 g/mol. The number of piperidine rings is 2. The molecule has 1 N–H and O–H groups in total. The van der Waals surface area contributed by atoms with E-state index in [1.165, 1.54) is 19.3 Å². The van der Waals surface area contributed by atoms with Crippen LogP contribution in [0.15, 0.2) is 4.79 Å². The molecule has 0 spiro atoms. The lowest BCUT2D eigenvalue weighted by molar-refractivity contribution is -0.134. The molecule has 2 fully saturated rings. The summed E-state index contributed by atoms with van der Waals surface area (Å²) < 4.78 is 1.71. The van der Waals surface area contributed by atoms with Crippen molar-refractivity contribution in [1.29, 1.82) is 0 Å². The number of nitrogens with zero attached hydrogens (tertiary/aromatic N) is 4. The zero-order chi connectivity index (χ0) is 18.5. The van der Waals surface area contributed by atoms with Crippen molar-refractivity contribution in [2.75, 3.05) is 26.2 Å². The molecule has 1 aromatic rings. The summed E-state index contributed by atoms with van der Waals surface area (Å²) in [5.74, 6) is 1.63. The quantitative estimate of drug-likeness (QED) is 0.834. The third-order valence-electron chi connectivity index (χ3n) is 6.15. The molecule has 146 valence electrons. The summed E-state index contributed by atoms with van der Waals surface area (Å²) in [4.78, 5) is 28.8. The predicted octanol–water partition coefficient (Wildman–Crippen LogP) is 1.64. The number of likely N-dealkylation sites (tertiary alicyclic amines) is 2. The van der Waals surface area contributed by atoms with E-state index in [1.807, 2.05) is 11.8 Å². The maximum absolute atomic E-state index is 12.7. The number of nitrogens with one attached hydrogen (secondary N) is 1. The Bertz CT molecular complexity index is 645. The second-order valence-electron chi connectivity index (χ2n) is 7.75. The van der Waals surface area contributed by atoms with Crippen molar-refractivity contribution >= 4 is 5.91 Å². The summed E-state index contributed by atoms with van der Waals surface area (Å²) in [6.45, 7) is 8.14. The number of amides is 1. The highest BCUT2D eigenvalue weighted by molar-refractivity contribution is 5.78. The van der Waals surface area contributed by atoms with Crippen molar-refractivity contribution < 1.29 is 4.79 Å². The van der Waals surface area contributed by atoms with E-state index < -0.39 is 0 Å². The number of carbonyl (C=O) groups excluding carboxylic acids is 1. The van der Waals surface area contributed by atoms with Crippen LogP contribution in [0.1, 0.15) is 58.2 Å². The van der Waals surface area contributed by atoms with E-state index in [0.717, 1.165) is 51.1 Å². The van der Waals surface area contributed by atoms with Gasteiger partial charge < -0.3 is 4.90 Å². The van der Waals surface area contributed by atoms with E-state index in [1.54, 1.807) is 4.57 Å². The van der Waals surface area contributed by atoms with Gasteiger partial charge in [0, 0.05) is 32.1 Å². The largest absolute Gasteiger partial charge is 0.343 e. The summed E-state index contributed by atoms with van der Waals surface area (Å²) in [5.41, 5.74) is -0.123. The standard InChI is InChI=1S/C19H33N5O2/c1-3-16-7-5-6-10-23(16)14-18(25)22-11-8-15(9-12-22)13-17-20-21-19(26)24(17)4-2/h15-16H,3-14H2,1-2H3,(H,21,26)/t16-/m1/s1. The summed E-state index contributed by atoms with van der Waals surface area (Å²) in [5, 5.41) is 6.72. The van der Waals surface area contributed by atoms with E-state index in [-0.39, 0.29) is 11.6 Å².